The van der Waals surface area contributed by atoms with Gasteiger partial charge in [-0.2, -0.15) is 0 Å². The number of aryl methyl sites for hydroxylation is 1. The van der Waals surface area contributed by atoms with Crippen LogP contribution < -0.4 is 14.8 Å². The lowest BCUT2D eigenvalue weighted by molar-refractivity contribution is -0.133. The Balaban J connectivity index is 1.39. The molecule has 1 spiro atoms. The number of carbonyl (C=O) groups excluding carboxylic acids is 2. The van der Waals surface area contributed by atoms with Gasteiger partial charge in [-0.1, -0.05) is 24.3 Å². The number of likely N-dealkylation sites (N-methyl/N-ethyl adjacent to an activating group) is 1. The number of nitrogens with one attached hydrogen (secondary N) is 1. The van der Waals surface area contributed by atoms with Crippen molar-refractivity contribution in [1.82, 2.24) is 15.1 Å². The largest absolute Gasteiger partial charge is 0.497 e. The minimum absolute atomic E-state index is 0.158. The Hall–Kier alpha value is -3.06. The van der Waals surface area contributed by atoms with Crippen LogP contribution in [0.5, 0.6) is 11.5 Å². The number of nitrogens with zero attached hydrogens (tertiary/aromatic N) is 2. The fourth-order valence-corrected chi connectivity index (χ4v) is 4.40. The van der Waals surface area contributed by atoms with Crippen molar-refractivity contribution < 1.29 is 19.1 Å². The van der Waals surface area contributed by atoms with Crippen LogP contribution in [0.15, 0.2) is 48.5 Å². The Morgan fingerprint density at radius 2 is 1.81 bits per heavy atom. The van der Waals surface area contributed by atoms with Crippen LogP contribution in [0.2, 0.25) is 0 Å². The summed E-state index contributed by atoms with van der Waals surface area (Å²) in [6, 6.07) is 15.0. The molecule has 1 unspecified atom stereocenters. The number of ether oxygens (including phenoxy) is 2. The smallest absolute Gasteiger partial charge is 0.326 e. The number of carbonyl (C=O) groups is 2. The summed E-state index contributed by atoms with van der Waals surface area (Å²) < 4.78 is 10.9. The normalized spacial score (nSPS) is 20.5. The van der Waals surface area contributed by atoms with E-state index in [1.54, 1.807) is 7.11 Å². The molecular formula is C24H29N3O4. The van der Waals surface area contributed by atoms with Crippen LogP contribution in [0, 0.1) is 0 Å². The summed E-state index contributed by atoms with van der Waals surface area (Å²) in [4.78, 5) is 29.5. The predicted molar refractivity (Wildman–Crippen MR) is 117 cm³/mol. The quantitative estimate of drug-likeness (QED) is 0.693. The molecule has 1 aliphatic heterocycles. The molecule has 7 nitrogen and oxygen atoms in total. The maximum absolute atomic E-state index is 13.5. The molecule has 164 valence electrons. The average molecular weight is 424 g/mol. The number of methoxy groups -OCH3 is 1. The molecule has 3 amide bonds. The number of hydrogen-bond donors (Lipinski definition) is 1. The lowest BCUT2D eigenvalue weighted by Crippen LogP contribution is -2.45. The molecule has 1 heterocycles. The third-order valence-corrected chi connectivity index (χ3v) is 6.08. The van der Waals surface area contributed by atoms with Crippen LogP contribution in [0.4, 0.5) is 4.79 Å². The zero-order valence-electron chi connectivity index (χ0n) is 18.1. The second kappa shape index (κ2) is 8.98. The summed E-state index contributed by atoms with van der Waals surface area (Å²) in [5.74, 6) is 1.37. The number of imide groups is 1. The van der Waals surface area contributed by atoms with Crippen molar-refractivity contribution in [3.8, 4) is 11.5 Å². The predicted octanol–water partition coefficient (Wildman–Crippen LogP) is 3.14. The van der Waals surface area contributed by atoms with Crippen molar-refractivity contribution in [2.75, 3.05) is 34.0 Å². The minimum Gasteiger partial charge on any atom is -0.497 e. The zero-order chi connectivity index (χ0) is 21.8. The van der Waals surface area contributed by atoms with Crippen molar-refractivity contribution in [2.45, 2.75) is 31.2 Å². The molecule has 0 radical (unpaired) electrons. The molecule has 0 saturated carbocycles. The van der Waals surface area contributed by atoms with Gasteiger partial charge in [0.15, 0.2) is 0 Å². The van der Waals surface area contributed by atoms with Gasteiger partial charge in [0.1, 0.15) is 23.6 Å². The molecule has 1 saturated heterocycles. The van der Waals surface area contributed by atoms with Gasteiger partial charge < -0.3 is 14.8 Å². The molecule has 2 aliphatic rings. The monoisotopic (exact) mass is 423 g/mol. The van der Waals surface area contributed by atoms with E-state index in [2.05, 4.69) is 11.4 Å². The van der Waals surface area contributed by atoms with Crippen LogP contribution in [0.25, 0.3) is 0 Å². The molecule has 0 bridgehead atoms. The molecule has 4 rings (SSSR count). The summed E-state index contributed by atoms with van der Waals surface area (Å²) in [6.07, 6.45) is 3.49. The van der Waals surface area contributed by atoms with Gasteiger partial charge >= 0.3 is 6.03 Å². The first kappa shape index (κ1) is 21.2. The number of urea groups is 1. The highest BCUT2D eigenvalue weighted by molar-refractivity contribution is 6.07. The summed E-state index contributed by atoms with van der Waals surface area (Å²) in [5.41, 5.74) is 1.15. The van der Waals surface area contributed by atoms with Gasteiger partial charge in [-0.25, -0.2) is 9.69 Å². The van der Waals surface area contributed by atoms with Gasteiger partial charge in [0.2, 0.25) is 0 Å². The molecular weight excluding hydrogens is 394 g/mol. The van der Waals surface area contributed by atoms with Crippen molar-refractivity contribution in [2.24, 2.45) is 0 Å². The maximum Gasteiger partial charge on any atom is 0.326 e. The second-order valence-electron chi connectivity index (χ2n) is 8.18. The lowest BCUT2D eigenvalue weighted by Gasteiger charge is -2.28. The SMILES string of the molecule is COc1ccc(OCCN(C)CN2C(=O)NC3(CCCCc4ccccc43)C2=O)cc1. The van der Waals surface area contributed by atoms with Gasteiger partial charge in [-0.3, -0.25) is 9.69 Å². The fraction of sp³-hybridized carbons (Fsp3) is 0.417. The van der Waals surface area contributed by atoms with Crippen molar-refractivity contribution in [3.63, 3.8) is 0 Å². The molecule has 1 atom stereocenters. The molecule has 2 aromatic rings. The van der Waals surface area contributed by atoms with Crippen LogP contribution in [-0.2, 0) is 16.8 Å². The van der Waals surface area contributed by atoms with E-state index in [9.17, 15) is 9.59 Å². The van der Waals surface area contributed by atoms with Crippen LogP contribution in [0.1, 0.15) is 30.4 Å². The first-order valence-corrected chi connectivity index (χ1v) is 10.7. The third-order valence-electron chi connectivity index (χ3n) is 6.08. The van der Waals surface area contributed by atoms with Crippen LogP contribution in [0.3, 0.4) is 0 Å². The van der Waals surface area contributed by atoms with E-state index in [0.717, 1.165) is 41.9 Å². The third kappa shape index (κ3) is 4.23. The topological polar surface area (TPSA) is 71.1 Å². The number of rotatable bonds is 7. The van der Waals surface area contributed by atoms with Crippen LogP contribution in [-0.4, -0.2) is 55.7 Å². The molecule has 7 heteroatoms. The van der Waals surface area contributed by atoms with E-state index in [0.29, 0.717) is 19.6 Å². The Morgan fingerprint density at radius 3 is 2.58 bits per heavy atom. The van der Waals surface area contributed by atoms with Crippen LogP contribution >= 0.6 is 0 Å². The summed E-state index contributed by atoms with van der Waals surface area (Å²) in [6.45, 7) is 1.24. The average Bonchev–Trinajstić information content (AvgIpc) is 2.92. The Kier molecular flexibility index (Phi) is 6.13. The van der Waals surface area contributed by atoms with Crippen molar-refractivity contribution in [3.05, 3.63) is 59.7 Å². The highest BCUT2D eigenvalue weighted by atomic mass is 16.5. The van der Waals surface area contributed by atoms with Crippen molar-refractivity contribution >= 4 is 11.9 Å². The number of amides is 3. The van der Waals surface area contributed by atoms with Gasteiger partial charge in [0.05, 0.1) is 13.8 Å². The summed E-state index contributed by atoms with van der Waals surface area (Å²) in [5, 5.41) is 3.03. The van der Waals surface area contributed by atoms with E-state index in [1.165, 1.54) is 4.90 Å². The number of benzene rings is 2. The standard InChI is InChI=1S/C24H29N3O4/c1-26(15-16-31-20-12-10-19(30-2)11-13-20)17-27-22(28)24(25-23(27)29)14-6-5-8-18-7-3-4-9-21(18)24/h3-4,7,9-13H,5-6,8,14-17H2,1-2H3,(H,25,29). The molecule has 0 aromatic heterocycles. The van der Waals surface area contributed by atoms with Gasteiger partial charge in [-0.15, -0.1) is 0 Å². The zero-order valence-corrected chi connectivity index (χ0v) is 18.1. The fourth-order valence-electron chi connectivity index (χ4n) is 4.40. The van der Waals surface area contributed by atoms with Gasteiger partial charge in [0.25, 0.3) is 5.91 Å². The van der Waals surface area contributed by atoms with E-state index in [-0.39, 0.29) is 18.6 Å². The first-order chi connectivity index (χ1) is 15.0. The molecule has 1 N–H and O–H groups in total. The Morgan fingerprint density at radius 1 is 1.06 bits per heavy atom. The molecule has 31 heavy (non-hydrogen) atoms. The molecule has 1 fully saturated rings. The summed E-state index contributed by atoms with van der Waals surface area (Å²) in [7, 11) is 3.50. The number of hydrogen-bond acceptors (Lipinski definition) is 5. The number of fused-ring (bicyclic) bond motifs is 2. The van der Waals surface area contributed by atoms with E-state index in [4.69, 9.17) is 9.47 Å². The van der Waals surface area contributed by atoms with Gasteiger partial charge in [0, 0.05) is 6.54 Å². The Labute approximate surface area is 182 Å². The highest BCUT2D eigenvalue weighted by Crippen LogP contribution is 2.38. The van der Waals surface area contributed by atoms with E-state index in [1.807, 2.05) is 54.4 Å². The minimum atomic E-state index is -0.940. The maximum atomic E-state index is 13.5. The summed E-state index contributed by atoms with van der Waals surface area (Å²) >= 11 is 0. The van der Waals surface area contributed by atoms with E-state index >= 15 is 0 Å². The van der Waals surface area contributed by atoms with E-state index < -0.39 is 5.54 Å². The first-order valence-electron chi connectivity index (χ1n) is 10.7. The highest BCUT2D eigenvalue weighted by Gasteiger charge is 2.53. The second-order valence-corrected chi connectivity index (χ2v) is 8.18. The van der Waals surface area contributed by atoms with Gasteiger partial charge in [-0.05, 0) is 68.1 Å². The lowest BCUT2D eigenvalue weighted by atomic mass is 9.84. The molecule has 2 aromatic carbocycles. The Bertz CT molecular complexity index is 946. The van der Waals surface area contributed by atoms with Crippen molar-refractivity contribution in [1.29, 1.82) is 0 Å². The molecule has 1 aliphatic carbocycles.